The molecule has 38 heavy (non-hydrogen) atoms. The Labute approximate surface area is 224 Å². The van der Waals surface area contributed by atoms with Crippen molar-refractivity contribution in [3.63, 3.8) is 0 Å². The van der Waals surface area contributed by atoms with E-state index in [1.165, 1.54) is 25.9 Å². The molecule has 2 aromatic heterocycles. The van der Waals surface area contributed by atoms with Gasteiger partial charge >= 0.3 is 6.03 Å². The van der Waals surface area contributed by atoms with Gasteiger partial charge in [0.15, 0.2) is 0 Å². The van der Waals surface area contributed by atoms with E-state index in [9.17, 15) is 4.79 Å². The van der Waals surface area contributed by atoms with Gasteiger partial charge in [-0.15, -0.1) is 0 Å². The van der Waals surface area contributed by atoms with E-state index in [1.54, 1.807) is 6.33 Å². The fourth-order valence-electron chi connectivity index (χ4n) is 6.12. The number of ether oxygens (including phenoxy) is 1. The number of carbonyl (C=O) groups is 1. The number of amides is 2. The predicted octanol–water partition coefficient (Wildman–Crippen LogP) is 4.63. The summed E-state index contributed by atoms with van der Waals surface area (Å²) < 4.78 is 5.49. The van der Waals surface area contributed by atoms with Gasteiger partial charge < -0.3 is 25.3 Å². The van der Waals surface area contributed by atoms with Gasteiger partial charge in [-0.05, 0) is 75.6 Å². The van der Waals surface area contributed by atoms with Crippen LogP contribution in [0, 0.1) is 5.41 Å². The monoisotopic (exact) mass is 517 g/mol. The topological polar surface area (TPSA) is 98.4 Å². The highest BCUT2D eigenvalue weighted by molar-refractivity contribution is 5.93. The normalized spacial score (nSPS) is 20.4. The zero-order valence-corrected chi connectivity index (χ0v) is 22.7. The molecular weight excluding hydrogens is 478 g/mol. The number of benzene rings is 1. The average Bonchev–Trinajstić information content (AvgIpc) is 3.33. The number of urea groups is 1. The van der Waals surface area contributed by atoms with Gasteiger partial charge in [-0.2, -0.15) is 0 Å². The van der Waals surface area contributed by atoms with E-state index in [1.807, 2.05) is 24.3 Å². The minimum absolute atomic E-state index is 0.125. The molecule has 0 unspecified atom stereocenters. The summed E-state index contributed by atoms with van der Waals surface area (Å²) in [6, 6.07) is 10.2. The molecule has 2 aliphatic heterocycles. The summed E-state index contributed by atoms with van der Waals surface area (Å²) in [7, 11) is 0. The molecule has 1 aliphatic carbocycles. The van der Waals surface area contributed by atoms with Crippen molar-refractivity contribution >= 4 is 28.6 Å². The largest absolute Gasteiger partial charge is 0.378 e. The van der Waals surface area contributed by atoms with E-state index in [0.29, 0.717) is 18.6 Å². The first-order valence-electron chi connectivity index (χ1n) is 13.9. The van der Waals surface area contributed by atoms with E-state index in [2.05, 4.69) is 62.2 Å². The Hall–Kier alpha value is -3.17. The predicted molar refractivity (Wildman–Crippen MR) is 151 cm³/mol. The Bertz CT molecular complexity index is 1270. The quantitative estimate of drug-likeness (QED) is 0.467. The number of H-pyrrole nitrogens is 1. The highest BCUT2D eigenvalue weighted by atomic mass is 16.5. The van der Waals surface area contributed by atoms with Crippen molar-refractivity contribution in [1.82, 2.24) is 25.2 Å². The molecule has 3 aromatic rings. The number of morpholine rings is 1. The Kier molecular flexibility index (Phi) is 6.52. The number of carbonyl (C=O) groups excluding carboxylic acids is 1. The molecule has 0 radical (unpaired) electrons. The van der Waals surface area contributed by atoms with Gasteiger partial charge in [0.25, 0.3) is 0 Å². The zero-order valence-electron chi connectivity index (χ0n) is 22.7. The summed E-state index contributed by atoms with van der Waals surface area (Å²) in [4.78, 5) is 29.9. The third kappa shape index (κ3) is 5.09. The van der Waals surface area contributed by atoms with Gasteiger partial charge in [-0.1, -0.05) is 12.1 Å². The van der Waals surface area contributed by atoms with Crippen molar-refractivity contribution in [2.24, 2.45) is 5.41 Å². The summed E-state index contributed by atoms with van der Waals surface area (Å²) in [6.45, 7) is 12.3. The number of nitrogens with one attached hydrogen (secondary N) is 3. The molecule has 1 spiro atoms. The van der Waals surface area contributed by atoms with Gasteiger partial charge in [0.2, 0.25) is 0 Å². The molecule has 0 bridgehead atoms. The van der Waals surface area contributed by atoms with Crippen molar-refractivity contribution in [2.45, 2.75) is 58.0 Å². The second-order valence-electron chi connectivity index (χ2n) is 12.2. The highest BCUT2D eigenvalue weighted by Crippen LogP contribution is 2.46. The Morgan fingerprint density at radius 3 is 2.47 bits per heavy atom. The lowest BCUT2D eigenvalue weighted by molar-refractivity contribution is -0.0814. The Morgan fingerprint density at radius 1 is 1.08 bits per heavy atom. The first-order valence-corrected chi connectivity index (χ1v) is 13.9. The number of nitrogens with zero attached hydrogens (tertiary/aromatic N) is 4. The second-order valence-corrected chi connectivity index (χ2v) is 12.2. The van der Waals surface area contributed by atoms with Crippen LogP contribution in [0.1, 0.15) is 46.5 Å². The van der Waals surface area contributed by atoms with Crippen molar-refractivity contribution in [1.29, 1.82) is 0 Å². The van der Waals surface area contributed by atoms with Gasteiger partial charge in [0, 0.05) is 49.1 Å². The third-order valence-corrected chi connectivity index (χ3v) is 8.55. The molecule has 0 atom stereocenters. The molecule has 3 aliphatic rings. The SMILES string of the molecule is CC(C)(C)N1CC2(CCC(NC(=O)Nc3ccc(-c4cc5c(N6CCOCC6)ncnc5[nH]4)cc3)CC2)C1. The van der Waals surface area contributed by atoms with E-state index in [4.69, 9.17) is 4.74 Å². The molecule has 4 heterocycles. The van der Waals surface area contributed by atoms with Crippen LogP contribution < -0.4 is 15.5 Å². The number of fused-ring (bicyclic) bond motifs is 1. The maximum absolute atomic E-state index is 12.7. The van der Waals surface area contributed by atoms with Gasteiger partial charge in [0.05, 0.1) is 18.6 Å². The minimum atomic E-state index is -0.125. The molecule has 202 valence electrons. The molecule has 1 aromatic carbocycles. The van der Waals surface area contributed by atoms with Crippen molar-refractivity contribution < 1.29 is 9.53 Å². The fourth-order valence-corrected chi connectivity index (χ4v) is 6.12. The molecular formula is C29H39N7O2. The lowest BCUT2D eigenvalue weighted by Gasteiger charge is -2.58. The molecule has 9 nitrogen and oxygen atoms in total. The van der Waals surface area contributed by atoms with E-state index in [-0.39, 0.29) is 17.6 Å². The smallest absolute Gasteiger partial charge is 0.319 e. The van der Waals surface area contributed by atoms with Crippen molar-refractivity contribution in [2.75, 3.05) is 49.6 Å². The zero-order chi connectivity index (χ0) is 26.3. The van der Waals surface area contributed by atoms with Crippen molar-refractivity contribution in [3.8, 4) is 11.3 Å². The molecule has 9 heteroatoms. The van der Waals surface area contributed by atoms with Crippen LogP contribution in [0.25, 0.3) is 22.3 Å². The van der Waals surface area contributed by atoms with E-state index >= 15 is 0 Å². The molecule has 2 amide bonds. The maximum Gasteiger partial charge on any atom is 0.319 e. The molecule has 6 rings (SSSR count). The second kappa shape index (κ2) is 9.85. The first kappa shape index (κ1) is 25.1. The molecule has 1 saturated carbocycles. The molecule has 3 fully saturated rings. The number of rotatable bonds is 4. The van der Waals surface area contributed by atoms with Gasteiger partial charge in [0.1, 0.15) is 17.8 Å². The summed E-state index contributed by atoms with van der Waals surface area (Å²) in [6.07, 6.45) is 6.11. The fraction of sp³-hybridized carbons (Fsp3) is 0.552. The van der Waals surface area contributed by atoms with Crippen molar-refractivity contribution in [3.05, 3.63) is 36.7 Å². The van der Waals surface area contributed by atoms with Crippen LogP contribution >= 0.6 is 0 Å². The lowest BCUT2D eigenvalue weighted by atomic mass is 9.66. The minimum Gasteiger partial charge on any atom is -0.378 e. The summed E-state index contributed by atoms with van der Waals surface area (Å²) in [5.74, 6) is 0.938. The summed E-state index contributed by atoms with van der Waals surface area (Å²) in [5.41, 5.74) is 4.33. The van der Waals surface area contributed by atoms with Gasteiger partial charge in [-0.3, -0.25) is 4.90 Å². The number of hydrogen-bond donors (Lipinski definition) is 3. The Balaban J connectivity index is 1.04. The van der Waals surface area contributed by atoms with Crippen LogP contribution in [-0.4, -0.2) is 76.9 Å². The standard InChI is InChI=1S/C29H39N7O2/c1-28(2,3)36-17-29(18-36)10-8-22(9-11-29)33-27(37)32-21-6-4-20(5-7-21)24-16-23-25(34-24)30-19-31-26(23)35-12-14-38-15-13-35/h4-7,16,19,22H,8-15,17-18H2,1-3H3,(H,30,31,34)(H2,32,33,37). The Morgan fingerprint density at radius 2 is 1.79 bits per heavy atom. The number of aromatic amines is 1. The van der Waals surface area contributed by atoms with E-state index < -0.39 is 0 Å². The van der Waals surface area contributed by atoms with Crippen LogP contribution in [0.2, 0.25) is 0 Å². The summed E-state index contributed by atoms with van der Waals surface area (Å²) in [5, 5.41) is 7.22. The van der Waals surface area contributed by atoms with Gasteiger partial charge in [-0.25, -0.2) is 14.8 Å². The van der Waals surface area contributed by atoms with Crippen LogP contribution in [0.15, 0.2) is 36.7 Å². The number of anilines is 2. The summed E-state index contributed by atoms with van der Waals surface area (Å²) >= 11 is 0. The van der Waals surface area contributed by atoms with Crippen LogP contribution in [-0.2, 0) is 4.74 Å². The maximum atomic E-state index is 12.7. The molecule has 3 N–H and O–H groups in total. The number of hydrogen-bond acceptors (Lipinski definition) is 6. The van der Waals surface area contributed by atoms with Crippen LogP contribution in [0.5, 0.6) is 0 Å². The lowest BCUT2D eigenvalue weighted by Crippen LogP contribution is -2.64. The number of aromatic nitrogens is 3. The average molecular weight is 518 g/mol. The van der Waals surface area contributed by atoms with E-state index in [0.717, 1.165) is 59.7 Å². The first-order chi connectivity index (χ1) is 18.3. The molecule has 2 saturated heterocycles. The third-order valence-electron chi connectivity index (χ3n) is 8.55. The van der Waals surface area contributed by atoms with Crippen LogP contribution in [0.4, 0.5) is 16.3 Å². The highest BCUT2D eigenvalue weighted by Gasteiger charge is 2.48. The van der Waals surface area contributed by atoms with Crippen LogP contribution in [0.3, 0.4) is 0 Å². The number of likely N-dealkylation sites (tertiary alicyclic amines) is 1.